The first-order valence-electron chi connectivity index (χ1n) is 8.18. The molecule has 0 aliphatic carbocycles. The molecule has 2 aromatic rings. The zero-order chi connectivity index (χ0) is 17.5. The Hall–Kier alpha value is -2.62. The maximum absolute atomic E-state index is 12.3. The molecular formula is C20H23NO3. The van der Waals surface area contributed by atoms with Crippen LogP contribution in [-0.2, 0) is 22.4 Å². The average Bonchev–Trinajstić information content (AvgIpc) is 2.56. The predicted octanol–water partition coefficient (Wildman–Crippen LogP) is 4.01. The Labute approximate surface area is 142 Å². The molecule has 0 aliphatic heterocycles. The molecule has 0 fully saturated rings. The molecule has 1 atom stereocenters. The van der Waals surface area contributed by atoms with Crippen LogP contribution in [0.4, 0.5) is 5.69 Å². The summed E-state index contributed by atoms with van der Waals surface area (Å²) in [6.45, 7) is 4.13. The smallest absolute Gasteiger partial charge is 0.307 e. The highest BCUT2D eigenvalue weighted by Crippen LogP contribution is 2.22. The molecule has 4 heteroatoms. The first-order chi connectivity index (χ1) is 11.5. The number of carbonyl (C=O) groups is 2. The van der Waals surface area contributed by atoms with Crippen LogP contribution in [0.15, 0.2) is 48.5 Å². The second-order valence-corrected chi connectivity index (χ2v) is 5.98. The van der Waals surface area contributed by atoms with Gasteiger partial charge in [-0.1, -0.05) is 56.3 Å². The summed E-state index contributed by atoms with van der Waals surface area (Å²) in [5, 5.41) is 11.8. The Morgan fingerprint density at radius 3 is 2.38 bits per heavy atom. The van der Waals surface area contributed by atoms with E-state index in [1.807, 2.05) is 6.92 Å². The SMILES string of the molecule is CCc1ccc(C(C)CC(=O)Nc2ccccc2CC(=O)O)cc1. The van der Waals surface area contributed by atoms with E-state index in [1.54, 1.807) is 24.3 Å². The number of aryl methyl sites for hydroxylation is 1. The summed E-state index contributed by atoms with van der Waals surface area (Å²) in [5.41, 5.74) is 3.58. The lowest BCUT2D eigenvalue weighted by atomic mass is 9.96. The van der Waals surface area contributed by atoms with Gasteiger partial charge in [0.05, 0.1) is 6.42 Å². The van der Waals surface area contributed by atoms with Crippen molar-refractivity contribution in [3.8, 4) is 0 Å². The Morgan fingerprint density at radius 1 is 1.08 bits per heavy atom. The van der Waals surface area contributed by atoms with Crippen LogP contribution in [0.25, 0.3) is 0 Å². The number of para-hydroxylation sites is 1. The fourth-order valence-corrected chi connectivity index (χ4v) is 2.64. The summed E-state index contributed by atoms with van der Waals surface area (Å²) >= 11 is 0. The van der Waals surface area contributed by atoms with Gasteiger partial charge in [-0.05, 0) is 35.1 Å². The third kappa shape index (κ3) is 4.95. The molecule has 0 aromatic heterocycles. The van der Waals surface area contributed by atoms with E-state index < -0.39 is 5.97 Å². The number of benzene rings is 2. The Bertz CT molecular complexity index is 707. The van der Waals surface area contributed by atoms with Crippen LogP contribution in [0.5, 0.6) is 0 Å². The van der Waals surface area contributed by atoms with Crippen molar-refractivity contribution in [1.29, 1.82) is 0 Å². The van der Waals surface area contributed by atoms with E-state index in [0.29, 0.717) is 17.7 Å². The summed E-state index contributed by atoms with van der Waals surface area (Å²) < 4.78 is 0. The minimum Gasteiger partial charge on any atom is -0.481 e. The first-order valence-corrected chi connectivity index (χ1v) is 8.18. The molecule has 126 valence electrons. The van der Waals surface area contributed by atoms with Crippen molar-refractivity contribution in [2.24, 2.45) is 0 Å². The number of aliphatic carboxylic acids is 1. The van der Waals surface area contributed by atoms with Crippen LogP contribution in [0, 0.1) is 0 Å². The second-order valence-electron chi connectivity index (χ2n) is 5.98. The van der Waals surface area contributed by atoms with E-state index in [2.05, 4.69) is 36.5 Å². The molecule has 0 radical (unpaired) electrons. The van der Waals surface area contributed by atoms with E-state index in [4.69, 9.17) is 5.11 Å². The molecule has 0 saturated heterocycles. The van der Waals surface area contributed by atoms with Crippen molar-refractivity contribution < 1.29 is 14.7 Å². The monoisotopic (exact) mass is 325 g/mol. The van der Waals surface area contributed by atoms with Gasteiger partial charge in [-0.15, -0.1) is 0 Å². The lowest BCUT2D eigenvalue weighted by Gasteiger charge is -2.14. The van der Waals surface area contributed by atoms with E-state index in [0.717, 1.165) is 12.0 Å². The molecule has 0 bridgehead atoms. The second kappa shape index (κ2) is 8.29. The number of carboxylic acids is 1. The highest BCUT2D eigenvalue weighted by atomic mass is 16.4. The summed E-state index contributed by atoms with van der Waals surface area (Å²) in [7, 11) is 0. The van der Waals surface area contributed by atoms with E-state index in [1.165, 1.54) is 5.56 Å². The third-order valence-corrected chi connectivity index (χ3v) is 4.08. The summed E-state index contributed by atoms with van der Waals surface area (Å²) in [6, 6.07) is 15.3. The van der Waals surface area contributed by atoms with Crippen LogP contribution in [0.3, 0.4) is 0 Å². The minimum atomic E-state index is -0.916. The molecule has 4 nitrogen and oxygen atoms in total. The molecule has 2 aromatic carbocycles. The lowest BCUT2D eigenvalue weighted by molar-refractivity contribution is -0.136. The van der Waals surface area contributed by atoms with Crippen molar-refractivity contribution in [2.45, 2.75) is 39.0 Å². The Balaban J connectivity index is 2.01. The topological polar surface area (TPSA) is 66.4 Å². The van der Waals surface area contributed by atoms with Gasteiger partial charge in [-0.25, -0.2) is 0 Å². The van der Waals surface area contributed by atoms with Gasteiger partial charge in [0.2, 0.25) is 5.91 Å². The van der Waals surface area contributed by atoms with Gasteiger partial charge in [-0.2, -0.15) is 0 Å². The van der Waals surface area contributed by atoms with E-state index in [-0.39, 0.29) is 18.2 Å². The van der Waals surface area contributed by atoms with Crippen LogP contribution in [0.1, 0.15) is 42.9 Å². The number of amides is 1. The van der Waals surface area contributed by atoms with Crippen LogP contribution in [0.2, 0.25) is 0 Å². The molecular weight excluding hydrogens is 302 g/mol. The standard InChI is InChI=1S/C20H23NO3/c1-3-15-8-10-16(11-9-15)14(2)12-19(22)21-18-7-5-4-6-17(18)13-20(23)24/h4-11,14H,3,12-13H2,1-2H3,(H,21,22)(H,23,24). The third-order valence-electron chi connectivity index (χ3n) is 4.08. The normalized spacial score (nSPS) is 11.8. The number of nitrogens with one attached hydrogen (secondary N) is 1. The van der Waals surface area contributed by atoms with Crippen molar-refractivity contribution in [1.82, 2.24) is 0 Å². The lowest BCUT2D eigenvalue weighted by Crippen LogP contribution is -2.16. The summed E-state index contributed by atoms with van der Waals surface area (Å²) in [4.78, 5) is 23.2. The van der Waals surface area contributed by atoms with Gasteiger partial charge in [0.15, 0.2) is 0 Å². The molecule has 0 saturated carbocycles. The molecule has 1 unspecified atom stereocenters. The largest absolute Gasteiger partial charge is 0.481 e. The van der Waals surface area contributed by atoms with Crippen LogP contribution < -0.4 is 5.32 Å². The van der Waals surface area contributed by atoms with Crippen LogP contribution >= 0.6 is 0 Å². The average molecular weight is 325 g/mol. The van der Waals surface area contributed by atoms with Crippen molar-refractivity contribution in [2.75, 3.05) is 5.32 Å². The number of hydrogen-bond acceptors (Lipinski definition) is 2. The number of hydrogen-bond donors (Lipinski definition) is 2. The van der Waals surface area contributed by atoms with Gasteiger partial charge >= 0.3 is 5.97 Å². The summed E-state index contributed by atoms with van der Waals surface area (Å²) in [6.07, 6.45) is 1.24. The minimum absolute atomic E-state index is 0.0996. The van der Waals surface area contributed by atoms with Crippen LogP contribution in [-0.4, -0.2) is 17.0 Å². The quantitative estimate of drug-likeness (QED) is 0.808. The van der Waals surface area contributed by atoms with Gasteiger partial charge in [0.25, 0.3) is 0 Å². The van der Waals surface area contributed by atoms with Crippen molar-refractivity contribution in [3.05, 3.63) is 65.2 Å². The first kappa shape index (κ1) is 17.7. The van der Waals surface area contributed by atoms with Gasteiger partial charge in [-0.3, -0.25) is 9.59 Å². The zero-order valence-electron chi connectivity index (χ0n) is 14.1. The molecule has 0 aliphatic rings. The molecule has 2 rings (SSSR count). The summed E-state index contributed by atoms with van der Waals surface area (Å²) in [5.74, 6) is -0.927. The Morgan fingerprint density at radius 2 is 1.75 bits per heavy atom. The van der Waals surface area contributed by atoms with E-state index >= 15 is 0 Å². The van der Waals surface area contributed by atoms with Gasteiger partial charge in [0.1, 0.15) is 0 Å². The van der Waals surface area contributed by atoms with E-state index in [9.17, 15) is 9.59 Å². The highest BCUT2D eigenvalue weighted by molar-refractivity contribution is 5.92. The molecule has 24 heavy (non-hydrogen) atoms. The Kier molecular flexibility index (Phi) is 6.13. The fraction of sp³-hybridized carbons (Fsp3) is 0.300. The maximum atomic E-state index is 12.3. The number of rotatable bonds is 7. The van der Waals surface area contributed by atoms with Gasteiger partial charge in [0, 0.05) is 12.1 Å². The number of carboxylic acid groups (broad SMARTS) is 1. The zero-order valence-corrected chi connectivity index (χ0v) is 14.1. The van der Waals surface area contributed by atoms with Crippen molar-refractivity contribution in [3.63, 3.8) is 0 Å². The number of carbonyl (C=O) groups excluding carboxylic acids is 1. The highest BCUT2D eigenvalue weighted by Gasteiger charge is 2.13. The molecule has 0 heterocycles. The maximum Gasteiger partial charge on any atom is 0.307 e. The van der Waals surface area contributed by atoms with Gasteiger partial charge < -0.3 is 10.4 Å². The predicted molar refractivity (Wildman–Crippen MR) is 95.3 cm³/mol. The molecule has 1 amide bonds. The fourth-order valence-electron chi connectivity index (χ4n) is 2.64. The number of anilines is 1. The molecule has 2 N–H and O–H groups in total. The molecule has 0 spiro atoms. The van der Waals surface area contributed by atoms with Crippen molar-refractivity contribution >= 4 is 17.6 Å².